The molecule has 2 rings (SSSR count). The number of hydrogen-bond donors (Lipinski definition) is 2. The van der Waals surface area contributed by atoms with Gasteiger partial charge in [0.1, 0.15) is 17.6 Å². The highest BCUT2D eigenvalue weighted by Gasteiger charge is 2.13. The third-order valence-corrected chi connectivity index (χ3v) is 3.03. The minimum absolute atomic E-state index is 0.237. The van der Waals surface area contributed by atoms with Gasteiger partial charge in [-0.2, -0.15) is 0 Å². The number of benzene rings is 2. The molecule has 0 aliphatic heterocycles. The van der Waals surface area contributed by atoms with Crippen molar-refractivity contribution in [2.24, 2.45) is 0 Å². The summed E-state index contributed by atoms with van der Waals surface area (Å²) in [6.45, 7) is 4.27. The Kier molecular flexibility index (Phi) is 5.36. The number of rotatable bonds is 6. The van der Waals surface area contributed by atoms with Crippen molar-refractivity contribution < 1.29 is 13.9 Å². The van der Waals surface area contributed by atoms with Crippen LogP contribution in [0.15, 0.2) is 48.5 Å². The highest BCUT2D eigenvalue weighted by Crippen LogP contribution is 2.17. The average molecular weight is 302 g/mol. The Morgan fingerprint density at radius 3 is 2.55 bits per heavy atom. The van der Waals surface area contributed by atoms with Crippen molar-refractivity contribution in [1.82, 2.24) is 0 Å². The molecule has 1 unspecified atom stereocenters. The van der Waals surface area contributed by atoms with Crippen LogP contribution in [0.2, 0.25) is 0 Å². The van der Waals surface area contributed by atoms with Gasteiger partial charge in [-0.05, 0) is 56.3 Å². The SMILES string of the molecule is CCOc1ccc(NC(C)C(=O)Nc2cccc(F)c2)cc1. The first-order valence-corrected chi connectivity index (χ1v) is 7.14. The fourth-order valence-electron chi connectivity index (χ4n) is 1.95. The highest BCUT2D eigenvalue weighted by atomic mass is 19.1. The zero-order chi connectivity index (χ0) is 15.9. The molecule has 0 saturated heterocycles. The normalized spacial score (nSPS) is 11.6. The average Bonchev–Trinajstić information content (AvgIpc) is 2.49. The molecule has 1 amide bonds. The molecule has 2 aromatic rings. The molecule has 0 aliphatic carbocycles. The summed E-state index contributed by atoms with van der Waals surface area (Å²) in [4.78, 5) is 12.1. The van der Waals surface area contributed by atoms with Gasteiger partial charge in [-0.1, -0.05) is 6.07 Å². The molecule has 0 bridgehead atoms. The van der Waals surface area contributed by atoms with Crippen LogP contribution in [-0.4, -0.2) is 18.6 Å². The van der Waals surface area contributed by atoms with Gasteiger partial charge in [-0.15, -0.1) is 0 Å². The molecule has 1 atom stereocenters. The van der Waals surface area contributed by atoms with Crippen molar-refractivity contribution in [1.29, 1.82) is 0 Å². The Labute approximate surface area is 129 Å². The van der Waals surface area contributed by atoms with Crippen LogP contribution in [-0.2, 0) is 4.79 Å². The van der Waals surface area contributed by atoms with E-state index in [-0.39, 0.29) is 11.7 Å². The van der Waals surface area contributed by atoms with Crippen LogP contribution >= 0.6 is 0 Å². The molecule has 2 aromatic carbocycles. The predicted octanol–water partition coefficient (Wildman–Crippen LogP) is 3.66. The van der Waals surface area contributed by atoms with Gasteiger partial charge in [-0.3, -0.25) is 4.79 Å². The van der Waals surface area contributed by atoms with Gasteiger partial charge < -0.3 is 15.4 Å². The quantitative estimate of drug-likeness (QED) is 0.856. The van der Waals surface area contributed by atoms with Crippen LogP contribution in [0.4, 0.5) is 15.8 Å². The number of carbonyl (C=O) groups excluding carboxylic acids is 1. The molecule has 0 fully saturated rings. The molecular formula is C17H19FN2O2. The molecule has 0 radical (unpaired) electrons. The summed E-state index contributed by atoms with van der Waals surface area (Å²) in [5.41, 5.74) is 1.25. The number of hydrogen-bond acceptors (Lipinski definition) is 3. The summed E-state index contributed by atoms with van der Waals surface area (Å²) in [6, 6.07) is 12.7. The van der Waals surface area contributed by atoms with Crippen molar-refractivity contribution in [3.8, 4) is 5.75 Å². The van der Waals surface area contributed by atoms with E-state index < -0.39 is 6.04 Å². The van der Waals surface area contributed by atoms with E-state index in [0.29, 0.717) is 12.3 Å². The molecule has 0 spiro atoms. The first-order chi connectivity index (χ1) is 10.6. The lowest BCUT2D eigenvalue weighted by atomic mass is 10.2. The van der Waals surface area contributed by atoms with E-state index >= 15 is 0 Å². The summed E-state index contributed by atoms with van der Waals surface area (Å²) in [7, 11) is 0. The van der Waals surface area contributed by atoms with Gasteiger partial charge in [0.2, 0.25) is 5.91 Å². The van der Waals surface area contributed by atoms with Crippen LogP contribution in [0.25, 0.3) is 0 Å². The number of nitrogens with one attached hydrogen (secondary N) is 2. The van der Waals surface area contributed by atoms with Crippen LogP contribution in [0.5, 0.6) is 5.75 Å². The molecule has 2 N–H and O–H groups in total. The Morgan fingerprint density at radius 1 is 1.18 bits per heavy atom. The fraction of sp³-hybridized carbons (Fsp3) is 0.235. The maximum atomic E-state index is 13.1. The lowest BCUT2D eigenvalue weighted by molar-refractivity contribution is -0.116. The zero-order valence-electron chi connectivity index (χ0n) is 12.6. The van der Waals surface area contributed by atoms with E-state index in [1.54, 1.807) is 19.1 Å². The summed E-state index contributed by atoms with van der Waals surface area (Å²) in [6.07, 6.45) is 0. The predicted molar refractivity (Wildman–Crippen MR) is 85.7 cm³/mol. The minimum Gasteiger partial charge on any atom is -0.494 e. The van der Waals surface area contributed by atoms with Crippen LogP contribution < -0.4 is 15.4 Å². The Bertz CT molecular complexity index is 629. The molecule has 22 heavy (non-hydrogen) atoms. The van der Waals surface area contributed by atoms with E-state index in [1.807, 2.05) is 31.2 Å². The van der Waals surface area contributed by atoms with Gasteiger partial charge in [0, 0.05) is 11.4 Å². The summed E-state index contributed by atoms with van der Waals surface area (Å²) >= 11 is 0. The number of anilines is 2. The molecule has 116 valence electrons. The number of amides is 1. The molecule has 0 aliphatic rings. The van der Waals surface area contributed by atoms with E-state index in [1.165, 1.54) is 12.1 Å². The lowest BCUT2D eigenvalue weighted by Crippen LogP contribution is -2.31. The first-order valence-electron chi connectivity index (χ1n) is 7.14. The third kappa shape index (κ3) is 4.48. The Hall–Kier alpha value is -2.56. The summed E-state index contributed by atoms with van der Waals surface area (Å²) in [5.74, 6) is 0.161. The molecule has 0 heterocycles. The van der Waals surface area contributed by atoms with Gasteiger partial charge in [0.15, 0.2) is 0 Å². The number of carbonyl (C=O) groups is 1. The van der Waals surface area contributed by atoms with Crippen LogP contribution in [0.1, 0.15) is 13.8 Å². The van der Waals surface area contributed by atoms with Crippen LogP contribution in [0.3, 0.4) is 0 Å². The van der Waals surface area contributed by atoms with Crippen molar-refractivity contribution >= 4 is 17.3 Å². The molecule has 4 nitrogen and oxygen atoms in total. The van der Waals surface area contributed by atoms with Gasteiger partial charge in [-0.25, -0.2) is 4.39 Å². The van der Waals surface area contributed by atoms with E-state index in [2.05, 4.69) is 10.6 Å². The Balaban J connectivity index is 1.93. The van der Waals surface area contributed by atoms with Crippen molar-refractivity contribution in [3.63, 3.8) is 0 Å². The smallest absolute Gasteiger partial charge is 0.246 e. The minimum atomic E-state index is -0.457. The second-order valence-corrected chi connectivity index (χ2v) is 4.82. The monoisotopic (exact) mass is 302 g/mol. The van der Waals surface area contributed by atoms with E-state index in [0.717, 1.165) is 11.4 Å². The zero-order valence-corrected chi connectivity index (χ0v) is 12.6. The van der Waals surface area contributed by atoms with E-state index in [9.17, 15) is 9.18 Å². The van der Waals surface area contributed by atoms with Crippen LogP contribution in [0, 0.1) is 5.82 Å². The van der Waals surface area contributed by atoms with Crippen molar-refractivity contribution in [3.05, 3.63) is 54.3 Å². The summed E-state index contributed by atoms with van der Waals surface area (Å²) in [5, 5.41) is 5.75. The first kappa shape index (κ1) is 15.8. The van der Waals surface area contributed by atoms with Crippen molar-refractivity contribution in [2.75, 3.05) is 17.2 Å². The third-order valence-electron chi connectivity index (χ3n) is 3.03. The molecule has 0 saturated carbocycles. The highest BCUT2D eigenvalue weighted by molar-refractivity contribution is 5.96. The molecule has 0 aromatic heterocycles. The molecular weight excluding hydrogens is 283 g/mol. The summed E-state index contributed by atoms with van der Waals surface area (Å²) < 4.78 is 18.4. The largest absolute Gasteiger partial charge is 0.494 e. The fourth-order valence-corrected chi connectivity index (χ4v) is 1.95. The maximum absolute atomic E-state index is 13.1. The molecule has 5 heteroatoms. The van der Waals surface area contributed by atoms with Gasteiger partial charge in [0.25, 0.3) is 0 Å². The topological polar surface area (TPSA) is 50.4 Å². The van der Waals surface area contributed by atoms with Gasteiger partial charge in [0.05, 0.1) is 6.61 Å². The van der Waals surface area contributed by atoms with Gasteiger partial charge >= 0.3 is 0 Å². The standard InChI is InChI=1S/C17H19FN2O2/c1-3-22-16-9-7-14(8-10-16)19-12(2)17(21)20-15-6-4-5-13(18)11-15/h4-12,19H,3H2,1-2H3,(H,20,21). The second kappa shape index (κ2) is 7.45. The van der Waals surface area contributed by atoms with Crippen molar-refractivity contribution in [2.45, 2.75) is 19.9 Å². The number of ether oxygens (including phenoxy) is 1. The maximum Gasteiger partial charge on any atom is 0.246 e. The second-order valence-electron chi connectivity index (χ2n) is 4.82. The number of halogens is 1. The lowest BCUT2D eigenvalue weighted by Gasteiger charge is -2.15. The van der Waals surface area contributed by atoms with E-state index in [4.69, 9.17) is 4.74 Å². The Morgan fingerprint density at radius 2 is 1.91 bits per heavy atom.